The first-order chi connectivity index (χ1) is 9.81. The molecule has 2 rings (SSSR count). The summed E-state index contributed by atoms with van der Waals surface area (Å²) in [5, 5.41) is 3.38. The van der Waals surface area contributed by atoms with Crippen LogP contribution in [0.25, 0.3) is 0 Å². The molecule has 0 radical (unpaired) electrons. The van der Waals surface area contributed by atoms with Gasteiger partial charge < -0.3 is 14.8 Å². The summed E-state index contributed by atoms with van der Waals surface area (Å²) >= 11 is 0. The van der Waals surface area contributed by atoms with Crippen molar-refractivity contribution in [2.45, 2.75) is 19.9 Å². The summed E-state index contributed by atoms with van der Waals surface area (Å²) in [6, 6.07) is 15.7. The van der Waals surface area contributed by atoms with E-state index in [-0.39, 0.29) is 0 Å². The first kappa shape index (κ1) is 14.4. The molecular weight excluding hydrogens is 250 g/mol. The Morgan fingerprint density at radius 2 is 1.70 bits per heavy atom. The molecule has 0 aliphatic carbocycles. The zero-order valence-electron chi connectivity index (χ0n) is 12.1. The molecule has 2 aromatic rings. The van der Waals surface area contributed by atoms with Gasteiger partial charge in [0.05, 0.1) is 7.11 Å². The fourth-order valence-corrected chi connectivity index (χ4v) is 1.89. The van der Waals surface area contributed by atoms with Crippen molar-refractivity contribution >= 4 is 0 Å². The molecule has 0 aliphatic rings. The number of benzene rings is 2. The summed E-state index contributed by atoms with van der Waals surface area (Å²) in [5.41, 5.74) is 1.26. The molecule has 0 saturated carbocycles. The van der Waals surface area contributed by atoms with E-state index >= 15 is 0 Å². The second kappa shape index (κ2) is 7.56. The first-order valence-electron chi connectivity index (χ1n) is 6.93. The van der Waals surface area contributed by atoms with Crippen molar-refractivity contribution in [2.24, 2.45) is 0 Å². The number of hydrogen-bond donors (Lipinski definition) is 1. The molecule has 0 unspecified atom stereocenters. The van der Waals surface area contributed by atoms with Gasteiger partial charge in [-0.2, -0.15) is 0 Å². The largest absolute Gasteiger partial charge is 0.497 e. The van der Waals surface area contributed by atoms with Crippen molar-refractivity contribution in [3.63, 3.8) is 0 Å². The van der Waals surface area contributed by atoms with E-state index in [4.69, 9.17) is 9.47 Å². The summed E-state index contributed by atoms with van der Waals surface area (Å²) in [7, 11) is 1.65. The standard InChI is InChI=1S/C17H21NO2/c1-3-11-18-13-14-7-9-15(10-8-14)20-17-6-4-5-16(12-17)19-2/h4-10,12,18H,3,11,13H2,1-2H3. The number of methoxy groups -OCH3 is 1. The van der Waals surface area contributed by atoms with Crippen molar-refractivity contribution in [2.75, 3.05) is 13.7 Å². The molecule has 20 heavy (non-hydrogen) atoms. The highest BCUT2D eigenvalue weighted by molar-refractivity contribution is 5.37. The Balaban J connectivity index is 1.95. The maximum Gasteiger partial charge on any atom is 0.131 e. The highest BCUT2D eigenvalue weighted by Crippen LogP contribution is 2.25. The molecule has 0 aliphatic heterocycles. The van der Waals surface area contributed by atoms with Crippen LogP contribution in [-0.2, 0) is 6.54 Å². The number of rotatable bonds is 7. The third-order valence-electron chi connectivity index (χ3n) is 2.96. The fourth-order valence-electron chi connectivity index (χ4n) is 1.89. The van der Waals surface area contributed by atoms with Crippen molar-refractivity contribution in [1.29, 1.82) is 0 Å². The average Bonchev–Trinajstić information content (AvgIpc) is 2.49. The van der Waals surface area contributed by atoms with Gasteiger partial charge in [-0.25, -0.2) is 0 Å². The topological polar surface area (TPSA) is 30.5 Å². The van der Waals surface area contributed by atoms with E-state index in [0.29, 0.717) is 0 Å². The normalized spacial score (nSPS) is 10.3. The van der Waals surface area contributed by atoms with Gasteiger partial charge in [-0.15, -0.1) is 0 Å². The van der Waals surface area contributed by atoms with Crippen LogP contribution in [0.2, 0.25) is 0 Å². The minimum atomic E-state index is 0.779. The molecule has 0 spiro atoms. The summed E-state index contributed by atoms with van der Waals surface area (Å²) in [5.74, 6) is 2.40. The molecule has 0 amide bonds. The molecule has 1 N–H and O–H groups in total. The van der Waals surface area contributed by atoms with E-state index < -0.39 is 0 Å². The van der Waals surface area contributed by atoms with Gasteiger partial charge in [0.2, 0.25) is 0 Å². The van der Waals surface area contributed by atoms with Gasteiger partial charge in [-0.05, 0) is 42.8 Å². The lowest BCUT2D eigenvalue weighted by atomic mass is 10.2. The second-order valence-electron chi connectivity index (χ2n) is 4.60. The van der Waals surface area contributed by atoms with Crippen LogP contribution in [0.1, 0.15) is 18.9 Å². The predicted octanol–water partition coefficient (Wildman–Crippen LogP) is 3.99. The Bertz CT molecular complexity index is 523. The van der Waals surface area contributed by atoms with Gasteiger partial charge in [0.25, 0.3) is 0 Å². The molecule has 3 heteroatoms. The Hall–Kier alpha value is -2.00. The van der Waals surface area contributed by atoms with Gasteiger partial charge >= 0.3 is 0 Å². The molecule has 106 valence electrons. The van der Waals surface area contributed by atoms with E-state index in [2.05, 4.69) is 24.4 Å². The van der Waals surface area contributed by atoms with Crippen LogP contribution >= 0.6 is 0 Å². The number of nitrogens with one attached hydrogen (secondary N) is 1. The Kier molecular flexibility index (Phi) is 5.44. The monoisotopic (exact) mass is 271 g/mol. The van der Waals surface area contributed by atoms with E-state index in [1.165, 1.54) is 5.56 Å². The quantitative estimate of drug-likeness (QED) is 0.772. The zero-order valence-corrected chi connectivity index (χ0v) is 12.1. The van der Waals surface area contributed by atoms with Gasteiger partial charge in [0.1, 0.15) is 17.2 Å². The van der Waals surface area contributed by atoms with E-state index in [0.717, 1.165) is 36.8 Å². The predicted molar refractivity (Wildman–Crippen MR) is 81.5 cm³/mol. The van der Waals surface area contributed by atoms with Crippen LogP contribution < -0.4 is 14.8 Å². The van der Waals surface area contributed by atoms with Gasteiger partial charge in [-0.3, -0.25) is 0 Å². The minimum Gasteiger partial charge on any atom is -0.497 e. The van der Waals surface area contributed by atoms with E-state index in [9.17, 15) is 0 Å². The molecule has 3 nitrogen and oxygen atoms in total. The average molecular weight is 271 g/mol. The minimum absolute atomic E-state index is 0.779. The van der Waals surface area contributed by atoms with Gasteiger partial charge in [-0.1, -0.05) is 25.1 Å². The highest BCUT2D eigenvalue weighted by Gasteiger charge is 2.00. The van der Waals surface area contributed by atoms with Crippen LogP contribution in [0.15, 0.2) is 48.5 Å². The van der Waals surface area contributed by atoms with Crippen LogP contribution in [0.4, 0.5) is 0 Å². The van der Waals surface area contributed by atoms with Crippen LogP contribution in [0.5, 0.6) is 17.2 Å². The third kappa shape index (κ3) is 4.28. The summed E-state index contributed by atoms with van der Waals surface area (Å²) < 4.78 is 11.0. The lowest BCUT2D eigenvalue weighted by Crippen LogP contribution is -2.13. The number of hydrogen-bond acceptors (Lipinski definition) is 3. The summed E-state index contributed by atoms with van der Waals surface area (Å²) in [4.78, 5) is 0. The van der Waals surface area contributed by atoms with Crippen LogP contribution in [0, 0.1) is 0 Å². The second-order valence-corrected chi connectivity index (χ2v) is 4.60. The number of ether oxygens (including phenoxy) is 2. The molecule has 0 fully saturated rings. The van der Waals surface area contributed by atoms with E-state index in [1.54, 1.807) is 7.11 Å². The Morgan fingerprint density at radius 1 is 0.950 bits per heavy atom. The fraction of sp³-hybridized carbons (Fsp3) is 0.294. The third-order valence-corrected chi connectivity index (χ3v) is 2.96. The van der Waals surface area contributed by atoms with Gasteiger partial charge in [0.15, 0.2) is 0 Å². The summed E-state index contributed by atoms with van der Waals surface area (Å²) in [6.07, 6.45) is 1.15. The molecule has 0 atom stereocenters. The van der Waals surface area contributed by atoms with Crippen molar-refractivity contribution in [3.8, 4) is 17.2 Å². The Labute approximate surface area is 120 Å². The molecule has 2 aromatic carbocycles. The van der Waals surface area contributed by atoms with Gasteiger partial charge in [0, 0.05) is 12.6 Å². The maximum absolute atomic E-state index is 5.80. The van der Waals surface area contributed by atoms with Crippen molar-refractivity contribution in [1.82, 2.24) is 5.32 Å². The first-order valence-corrected chi connectivity index (χ1v) is 6.93. The molecule has 0 saturated heterocycles. The van der Waals surface area contributed by atoms with Crippen molar-refractivity contribution < 1.29 is 9.47 Å². The van der Waals surface area contributed by atoms with Crippen LogP contribution in [0.3, 0.4) is 0 Å². The summed E-state index contributed by atoms with van der Waals surface area (Å²) in [6.45, 7) is 4.10. The zero-order chi connectivity index (χ0) is 14.2. The molecular formula is C17H21NO2. The van der Waals surface area contributed by atoms with Crippen molar-refractivity contribution in [3.05, 3.63) is 54.1 Å². The highest BCUT2D eigenvalue weighted by atomic mass is 16.5. The lowest BCUT2D eigenvalue weighted by Gasteiger charge is -2.08. The maximum atomic E-state index is 5.80. The Morgan fingerprint density at radius 3 is 2.40 bits per heavy atom. The van der Waals surface area contributed by atoms with Crippen LogP contribution in [-0.4, -0.2) is 13.7 Å². The van der Waals surface area contributed by atoms with E-state index in [1.807, 2.05) is 36.4 Å². The molecule has 0 aromatic heterocycles. The molecule has 0 heterocycles. The smallest absolute Gasteiger partial charge is 0.131 e. The lowest BCUT2D eigenvalue weighted by molar-refractivity contribution is 0.409. The molecule has 0 bridgehead atoms. The SMILES string of the molecule is CCCNCc1ccc(Oc2cccc(OC)c2)cc1.